The Morgan fingerprint density at radius 3 is 2.72 bits per heavy atom. The molecule has 0 spiro atoms. The number of benzene rings is 1. The second-order valence-electron chi connectivity index (χ2n) is 12.2. The Labute approximate surface area is 259 Å². The van der Waals surface area contributed by atoms with Gasteiger partial charge in [-0.2, -0.15) is 0 Å². The molecule has 0 unspecified atom stereocenters. The highest BCUT2D eigenvalue weighted by Crippen LogP contribution is 2.72. The number of rotatable bonds is 8. The molecule has 1 aromatic carbocycles. The zero-order valence-electron chi connectivity index (χ0n) is 23.4. The number of urea groups is 1. The molecular weight excluding hydrogens is 643 g/mol. The van der Waals surface area contributed by atoms with Crippen LogP contribution in [-0.4, -0.2) is 100 Å². The van der Waals surface area contributed by atoms with E-state index in [0.29, 0.717) is 64.9 Å². The van der Waals surface area contributed by atoms with Crippen molar-refractivity contribution >= 4 is 51.1 Å². The van der Waals surface area contributed by atoms with Crippen LogP contribution in [0.2, 0.25) is 0 Å². The summed E-state index contributed by atoms with van der Waals surface area (Å²) in [5.74, 6) is -1.21. The molecule has 3 saturated carbocycles. The summed E-state index contributed by atoms with van der Waals surface area (Å²) in [6.07, 6.45) is 4.15. The van der Waals surface area contributed by atoms with Gasteiger partial charge >= 0.3 is 18.0 Å². The van der Waals surface area contributed by atoms with E-state index in [1.807, 2.05) is 15.2 Å². The van der Waals surface area contributed by atoms with E-state index in [9.17, 15) is 23.9 Å². The molecule has 8 rings (SSSR count). The van der Waals surface area contributed by atoms with Crippen LogP contribution in [0.1, 0.15) is 42.3 Å². The number of methoxy groups -OCH3 is 1. The average Bonchev–Trinajstić information content (AvgIpc) is 3.58. The first-order valence-electron chi connectivity index (χ1n) is 14.1. The topological polar surface area (TPSA) is 128 Å². The first-order chi connectivity index (χ1) is 20.6. The molecule has 2 amide bonds. The first-order valence-corrected chi connectivity index (χ1v) is 15.8. The molecule has 2 saturated heterocycles. The second kappa shape index (κ2) is 10.4. The Balaban J connectivity index is 1.14. The van der Waals surface area contributed by atoms with Crippen LogP contribution in [0.3, 0.4) is 0 Å². The number of piperazine rings is 1. The fourth-order valence-corrected chi connectivity index (χ4v) is 8.89. The van der Waals surface area contributed by atoms with Crippen LogP contribution in [0.25, 0.3) is 0 Å². The molecule has 11 nitrogen and oxygen atoms in total. The van der Waals surface area contributed by atoms with Gasteiger partial charge in [-0.1, -0.05) is 22.0 Å². The number of amides is 2. The summed E-state index contributed by atoms with van der Waals surface area (Å²) >= 11 is 4.87. The number of nitrogens with one attached hydrogen (secondary N) is 1. The molecular formula is C29H30BrFN6O5S. The fraction of sp³-hybridized carbons (Fsp3) is 0.483. The van der Waals surface area contributed by atoms with Crippen molar-refractivity contribution < 1.29 is 28.6 Å². The summed E-state index contributed by atoms with van der Waals surface area (Å²) < 4.78 is 19.7. The number of hydrogen-bond donors (Lipinski definition) is 2. The van der Waals surface area contributed by atoms with Gasteiger partial charge in [-0.25, -0.2) is 19.0 Å². The van der Waals surface area contributed by atoms with Crippen molar-refractivity contribution in [1.82, 2.24) is 25.0 Å². The molecule has 2 aromatic rings. The maximum atomic E-state index is 14.0. The molecule has 43 heavy (non-hydrogen) atoms. The molecule has 2 N–H and O–H groups in total. The van der Waals surface area contributed by atoms with E-state index in [4.69, 9.17) is 9.73 Å². The summed E-state index contributed by atoms with van der Waals surface area (Å²) in [5, 5.41) is 15.1. The Morgan fingerprint density at radius 1 is 1.26 bits per heavy atom. The van der Waals surface area contributed by atoms with Gasteiger partial charge in [-0.3, -0.25) is 14.7 Å². The normalized spacial score (nSPS) is 29.8. The number of carbonyl (C=O) groups is 3. The Morgan fingerprint density at radius 2 is 2.05 bits per heavy atom. The average molecular weight is 674 g/mol. The Kier molecular flexibility index (Phi) is 6.86. The smallest absolute Gasteiger partial charge is 0.338 e. The monoisotopic (exact) mass is 672 g/mol. The first kappa shape index (κ1) is 28.4. The predicted molar refractivity (Wildman–Crippen MR) is 158 cm³/mol. The third kappa shape index (κ3) is 4.74. The summed E-state index contributed by atoms with van der Waals surface area (Å²) in [7, 11) is 1.33. The van der Waals surface area contributed by atoms with Crippen LogP contribution in [-0.2, 0) is 14.3 Å². The maximum absolute atomic E-state index is 14.0. The molecule has 2 bridgehead atoms. The lowest BCUT2D eigenvalue weighted by molar-refractivity contribution is -0.208. The number of fused-ring (bicyclic) bond motifs is 1. The Hall–Kier alpha value is -3.36. The van der Waals surface area contributed by atoms with E-state index < -0.39 is 23.8 Å². The third-order valence-corrected chi connectivity index (χ3v) is 10.9. The van der Waals surface area contributed by atoms with Crippen molar-refractivity contribution in [2.45, 2.75) is 43.3 Å². The van der Waals surface area contributed by atoms with Crippen molar-refractivity contribution in [2.75, 3.05) is 39.8 Å². The number of amidine groups is 1. The quantitative estimate of drug-likeness (QED) is 0.409. The minimum absolute atomic E-state index is 0.00870. The highest BCUT2D eigenvalue weighted by atomic mass is 79.9. The number of carboxylic acid groups (broad SMARTS) is 1. The number of nitrogens with zero attached hydrogens (tertiary/aromatic N) is 5. The highest BCUT2D eigenvalue weighted by Gasteiger charge is 2.72. The largest absolute Gasteiger partial charge is 0.481 e. The summed E-state index contributed by atoms with van der Waals surface area (Å²) in [6.45, 7) is 2.77. The number of carbonyl (C=O) groups excluding carboxylic acids is 2. The molecule has 226 valence electrons. The van der Waals surface area contributed by atoms with Crippen molar-refractivity contribution in [3.05, 3.63) is 61.9 Å². The van der Waals surface area contributed by atoms with Crippen LogP contribution in [0, 0.1) is 11.2 Å². The lowest BCUT2D eigenvalue weighted by Crippen LogP contribution is -2.75. The van der Waals surface area contributed by atoms with Crippen molar-refractivity contribution in [3.63, 3.8) is 0 Å². The second-order valence-corrected chi connectivity index (χ2v) is 13.9. The molecule has 4 heterocycles. The van der Waals surface area contributed by atoms with E-state index in [0.717, 1.165) is 19.3 Å². The predicted octanol–water partition coefficient (Wildman–Crippen LogP) is 3.38. The van der Waals surface area contributed by atoms with Gasteiger partial charge in [0.05, 0.1) is 25.1 Å². The van der Waals surface area contributed by atoms with Crippen LogP contribution >= 0.6 is 27.3 Å². The molecule has 14 heteroatoms. The van der Waals surface area contributed by atoms with E-state index in [2.05, 4.69) is 31.1 Å². The highest BCUT2D eigenvalue weighted by molar-refractivity contribution is 9.10. The molecule has 6 aliphatic rings. The molecule has 3 aliphatic carbocycles. The summed E-state index contributed by atoms with van der Waals surface area (Å²) in [4.78, 5) is 53.4. The zero-order valence-corrected chi connectivity index (χ0v) is 25.8. The number of carboxylic acids is 1. The van der Waals surface area contributed by atoms with Gasteiger partial charge < -0.3 is 25.0 Å². The Bertz CT molecular complexity index is 1560. The van der Waals surface area contributed by atoms with Crippen LogP contribution in [0.4, 0.5) is 9.18 Å². The maximum Gasteiger partial charge on any atom is 0.338 e. The van der Waals surface area contributed by atoms with E-state index in [-0.39, 0.29) is 29.4 Å². The van der Waals surface area contributed by atoms with Gasteiger partial charge in [0, 0.05) is 60.0 Å². The molecule has 5 fully saturated rings. The van der Waals surface area contributed by atoms with Crippen LogP contribution in [0.15, 0.2) is 50.5 Å². The lowest BCUT2D eigenvalue weighted by Gasteiger charge is -2.73. The van der Waals surface area contributed by atoms with Gasteiger partial charge in [-0.05, 0) is 42.4 Å². The number of thiazole rings is 1. The minimum Gasteiger partial charge on any atom is -0.481 e. The molecule has 3 aliphatic heterocycles. The summed E-state index contributed by atoms with van der Waals surface area (Å²) in [5.41, 5.74) is 1.24. The number of aliphatic imine (C=N–C) groups is 1. The number of esters is 1. The van der Waals surface area contributed by atoms with Gasteiger partial charge in [0.15, 0.2) is 10.8 Å². The van der Waals surface area contributed by atoms with Gasteiger partial charge in [-0.15, -0.1) is 11.3 Å². The van der Waals surface area contributed by atoms with Gasteiger partial charge in [0.25, 0.3) is 0 Å². The van der Waals surface area contributed by atoms with Crippen molar-refractivity contribution in [1.29, 1.82) is 0 Å². The van der Waals surface area contributed by atoms with E-state index in [1.165, 1.54) is 30.6 Å². The molecule has 2 atom stereocenters. The molecule has 1 aromatic heterocycles. The SMILES string of the molecule is COC(=O)C1=C(CN2CCN3C(=O)N(C45CC(CC(=O)O)(C4)C5)C[C@@H]3C2)NC(c2nccs2)=N[C@H]1c1ccc(F)cc1Br. The number of aliphatic carboxylic acids is 1. The van der Waals surface area contributed by atoms with E-state index in [1.54, 1.807) is 12.3 Å². The van der Waals surface area contributed by atoms with Crippen molar-refractivity contribution in [2.24, 2.45) is 10.4 Å². The van der Waals surface area contributed by atoms with Crippen LogP contribution in [0.5, 0.6) is 0 Å². The summed E-state index contributed by atoms with van der Waals surface area (Å²) in [6, 6.07) is 3.57. The minimum atomic E-state index is -0.775. The van der Waals surface area contributed by atoms with Gasteiger partial charge in [0.2, 0.25) is 0 Å². The number of hydrogen-bond acceptors (Lipinski definition) is 9. The number of aromatic nitrogens is 1. The third-order valence-electron chi connectivity index (χ3n) is 9.45. The molecule has 0 radical (unpaired) electrons. The number of halogens is 2. The zero-order chi connectivity index (χ0) is 30.1. The standard InChI is InChI=1S/C29H30BrFN6O5S/c1-42-26(40)22-20(33-24(25-32-4-7-43-25)34-23(22)18-3-2-16(31)8-19(18)30)12-35-5-6-36-17(10-35)11-37(27(36)41)29-13-28(14-29,15-29)9-21(38)39/h2-4,7-8,17,23H,5-6,9-15H2,1H3,(H,33,34)(H,38,39)/t17-,23-,28?,29?/m0/s1. The number of ether oxygens (including phenoxy) is 1. The van der Waals surface area contributed by atoms with Gasteiger partial charge in [0.1, 0.15) is 11.9 Å². The van der Waals surface area contributed by atoms with E-state index >= 15 is 0 Å². The lowest BCUT2D eigenvalue weighted by atomic mass is 9.38. The van der Waals surface area contributed by atoms with Crippen LogP contribution < -0.4 is 5.32 Å². The fourth-order valence-electron chi connectivity index (χ4n) is 7.74. The van der Waals surface area contributed by atoms with Crippen molar-refractivity contribution in [3.8, 4) is 0 Å².